The largest absolute Gasteiger partial charge is 0.367 e. The Bertz CT molecular complexity index is 637. The molecule has 2 aromatic rings. The van der Waals surface area contributed by atoms with E-state index in [9.17, 15) is 4.39 Å². The highest BCUT2D eigenvalue weighted by Gasteiger charge is 2.26. The van der Waals surface area contributed by atoms with Crippen molar-refractivity contribution in [2.24, 2.45) is 0 Å². The van der Waals surface area contributed by atoms with Gasteiger partial charge < -0.3 is 9.42 Å². The zero-order chi connectivity index (χ0) is 16.2. The van der Waals surface area contributed by atoms with Gasteiger partial charge in [0.25, 0.3) is 0 Å². The lowest BCUT2D eigenvalue weighted by molar-refractivity contribution is 0.164. The van der Waals surface area contributed by atoms with Crippen molar-refractivity contribution in [1.29, 1.82) is 0 Å². The van der Waals surface area contributed by atoms with Crippen molar-refractivity contribution in [3.8, 4) is 0 Å². The van der Waals surface area contributed by atoms with Crippen molar-refractivity contribution in [3.63, 3.8) is 0 Å². The van der Waals surface area contributed by atoms with Crippen molar-refractivity contribution >= 4 is 5.69 Å². The normalized spacial score (nSPS) is 17.4. The molecule has 0 saturated carbocycles. The molecule has 0 N–H and O–H groups in total. The average molecular weight is 318 g/mol. The summed E-state index contributed by atoms with van der Waals surface area (Å²) in [7, 11) is 0. The van der Waals surface area contributed by atoms with Crippen LogP contribution in [0.5, 0.6) is 0 Å². The number of hydrogen-bond donors (Lipinski definition) is 0. The van der Waals surface area contributed by atoms with Crippen molar-refractivity contribution in [2.45, 2.75) is 32.7 Å². The predicted octanol–water partition coefficient (Wildman–Crippen LogP) is 3.04. The van der Waals surface area contributed by atoms with Gasteiger partial charge in [-0.2, -0.15) is 4.98 Å². The molecule has 1 fully saturated rings. The number of rotatable bonds is 5. The van der Waals surface area contributed by atoms with Gasteiger partial charge in [-0.15, -0.1) is 0 Å². The molecule has 1 aromatic heterocycles. The first-order valence-electron chi connectivity index (χ1n) is 8.25. The summed E-state index contributed by atoms with van der Waals surface area (Å²) in [5.41, 5.74) is 0.683. The Hall–Kier alpha value is -1.95. The maximum atomic E-state index is 13.9. The van der Waals surface area contributed by atoms with Crippen LogP contribution in [0, 0.1) is 5.82 Å². The van der Waals surface area contributed by atoms with Gasteiger partial charge >= 0.3 is 0 Å². The summed E-state index contributed by atoms with van der Waals surface area (Å²) in [6, 6.07) is 7.04. The SMILES string of the molecule is CCCc1noc([C@@H](C)N2CCN(c3ccccc3F)CC2)n1. The number of anilines is 1. The third kappa shape index (κ3) is 3.52. The fourth-order valence-electron chi connectivity index (χ4n) is 2.98. The fraction of sp³-hybridized carbons (Fsp3) is 0.529. The molecule has 6 heteroatoms. The van der Waals surface area contributed by atoms with Crippen LogP contribution in [0.3, 0.4) is 0 Å². The maximum Gasteiger partial charge on any atom is 0.243 e. The molecule has 1 aliphatic heterocycles. The molecule has 1 atom stereocenters. The summed E-state index contributed by atoms with van der Waals surface area (Å²) < 4.78 is 19.3. The average Bonchev–Trinajstić information content (AvgIpc) is 3.04. The lowest BCUT2D eigenvalue weighted by atomic mass is 10.2. The molecule has 1 aromatic carbocycles. The monoisotopic (exact) mass is 318 g/mol. The molecule has 0 bridgehead atoms. The van der Waals surface area contributed by atoms with Crippen LogP contribution in [-0.2, 0) is 6.42 Å². The maximum absolute atomic E-state index is 13.9. The van der Waals surface area contributed by atoms with Gasteiger partial charge in [0.1, 0.15) is 5.82 Å². The molecule has 0 spiro atoms. The van der Waals surface area contributed by atoms with E-state index in [1.807, 2.05) is 12.1 Å². The smallest absolute Gasteiger partial charge is 0.243 e. The molecule has 1 aliphatic rings. The Morgan fingerprint density at radius 1 is 1.22 bits per heavy atom. The number of benzene rings is 1. The molecule has 5 nitrogen and oxygen atoms in total. The number of para-hydroxylation sites is 1. The molecular formula is C17H23FN4O. The highest BCUT2D eigenvalue weighted by molar-refractivity contribution is 5.48. The molecule has 0 aliphatic carbocycles. The summed E-state index contributed by atoms with van der Waals surface area (Å²) in [6.45, 7) is 7.47. The first-order valence-corrected chi connectivity index (χ1v) is 8.25. The van der Waals surface area contributed by atoms with E-state index in [4.69, 9.17) is 4.52 Å². The number of aromatic nitrogens is 2. The molecule has 124 valence electrons. The first-order chi connectivity index (χ1) is 11.2. The second-order valence-electron chi connectivity index (χ2n) is 5.95. The van der Waals surface area contributed by atoms with Gasteiger partial charge in [-0.05, 0) is 25.5 Å². The van der Waals surface area contributed by atoms with Crippen LogP contribution in [0.4, 0.5) is 10.1 Å². The fourth-order valence-corrected chi connectivity index (χ4v) is 2.98. The summed E-state index contributed by atoms with van der Waals surface area (Å²) in [4.78, 5) is 8.87. The van der Waals surface area contributed by atoms with E-state index in [0.29, 0.717) is 11.6 Å². The summed E-state index contributed by atoms with van der Waals surface area (Å²) in [5.74, 6) is 1.29. The Balaban J connectivity index is 1.60. The Kier molecular flexibility index (Phi) is 4.91. The number of aryl methyl sites for hydroxylation is 1. The van der Waals surface area contributed by atoms with Crippen LogP contribution in [-0.4, -0.2) is 41.2 Å². The molecular weight excluding hydrogens is 295 g/mol. The quantitative estimate of drug-likeness (QED) is 0.848. The van der Waals surface area contributed by atoms with Crippen LogP contribution in [0.2, 0.25) is 0 Å². The van der Waals surface area contributed by atoms with Gasteiger partial charge in [-0.1, -0.05) is 24.2 Å². The summed E-state index contributed by atoms with van der Waals surface area (Å²) in [6.07, 6.45) is 1.85. The lowest BCUT2D eigenvalue weighted by Gasteiger charge is -2.38. The Labute approximate surface area is 136 Å². The van der Waals surface area contributed by atoms with E-state index in [1.54, 1.807) is 6.07 Å². The van der Waals surface area contributed by atoms with E-state index >= 15 is 0 Å². The van der Waals surface area contributed by atoms with E-state index in [1.165, 1.54) is 6.07 Å². The summed E-state index contributed by atoms with van der Waals surface area (Å²) >= 11 is 0. The Morgan fingerprint density at radius 3 is 2.65 bits per heavy atom. The van der Waals surface area contributed by atoms with Crippen molar-refractivity contribution in [3.05, 3.63) is 41.8 Å². The second kappa shape index (κ2) is 7.08. The van der Waals surface area contributed by atoms with Crippen LogP contribution in [0.25, 0.3) is 0 Å². The molecule has 2 heterocycles. The molecule has 3 rings (SSSR count). The lowest BCUT2D eigenvalue weighted by Crippen LogP contribution is -2.47. The third-order valence-electron chi connectivity index (χ3n) is 4.37. The standard InChI is InChI=1S/C17H23FN4O/c1-3-6-16-19-17(23-20-16)13(2)21-9-11-22(12-10-21)15-8-5-4-7-14(15)18/h4-5,7-8,13H,3,6,9-12H2,1-2H3/t13-/m1/s1. The zero-order valence-corrected chi connectivity index (χ0v) is 13.7. The number of hydrogen-bond acceptors (Lipinski definition) is 5. The van der Waals surface area contributed by atoms with Crippen molar-refractivity contribution < 1.29 is 8.91 Å². The zero-order valence-electron chi connectivity index (χ0n) is 13.7. The van der Waals surface area contributed by atoms with Gasteiger partial charge in [-0.25, -0.2) is 4.39 Å². The molecule has 23 heavy (non-hydrogen) atoms. The van der Waals surface area contributed by atoms with Crippen LogP contribution >= 0.6 is 0 Å². The Morgan fingerprint density at radius 2 is 1.96 bits per heavy atom. The molecule has 0 unspecified atom stereocenters. The minimum absolute atomic E-state index is 0.0934. The number of piperazine rings is 1. The van der Waals surface area contributed by atoms with Gasteiger partial charge in [-0.3, -0.25) is 4.90 Å². The molecule has 0 radical (unpaired) electrons. The molecule has 0 amide bonds. The minimum atomic E-state index is -0.157. The number of halogens is 1. The van der Waals surface area contributed by atoms with Crippen molar-refractivity contribution in [2.75, 3.05) is 31.1 Å². The highest BCUT2D eigenvalue weighted by atomic mass is 19.1. The van der Waals surface area contributed by atoms with Gasteiger partial charge in [0.05, 0.1) is 11.7 Å². The van der Waals surface area contributed by atoms with Crippen LogP contribution < -0.4 is 4.90 Å². The predicted molar refractivity (Wildman–Crippen MR) is 86.9 cm³/mol. The topological polar surface area (TPSA) is 45.4 Å². The van der Waals surface area contributed by atoms with Crippen molar-refractivity contribution in [1.82, 2.24) is 15.0 Å². The minimum Gasteiger partial charge on any atom is -0.367 e. The van der Waals surface area contributed by atoms with Crippen LogP contribution in [0.15, 0.2) is 28.8 Å². The van der Waals surface area contributed by atoms with Gasteiger partial charge in [0, 0.05) is 32.6 Å². The van der Waals surface area contributed by atoms with Gasteiger partial charge in [0.15, 0.2) is 5.82 Å². The molecule has 1 saturated heterocycles. The van der Waals surface area contributed by atoms with Crippen LogP contribution in [0.1, 0.15) is 38.0 Å². The third-order valence-corrected chi connectivity index (χ3v) is 4.37. The van der Waals surface area contributed by atoms with E-state index in [0.717, 1.165) is 44.8 Å². The summed E-state index contributed by atoms with van der Waals surface area (Å²) in [5, 5.41) is 4.02. The highest BCUT2D eigenvalue weighted by Crippen LogP contribution is 2.24. The number of nitrogens with zero attached hydrogens (tertiary/aromatic N) is 4. The van der Waals surface area contributed by atoms with Gasteiger partial charge in [0.2, 0.25) is 5.89 Å². The first kappa shape index (κ1) is 15.9. The van der Waals surface area contributed by atoms with E-state index in [-0.39, 0.29) is 11.9 Å². The van der Waals surface area contributed by atoms with E-state index < -0.39 is 0 Å². The van der Waals surface area contributed by atoms with E-state index in [2.05, 4.69) is 33.8 Å². The second-order valence-corrected chi connectivity index (χ2v) is 5.95.